The van der Waals surface area contributed by atoms with E-state index in [1.54, 1.807) is 29.9 Å². The van der Waals surface area contributed by atoms with Crippen LogP contribution in [0.2, 0.25) is 0 Å². The van der Waals surface area contributed by atoms with Gasteiger partial charge in [-0.25, -0.2) is 9.07 Å². The Morgan fingerprint density at radius 2 is 1.78 bits per heavy atom. The van der Waals surface area contributed by atoms with Gasteiger partial charge in [0, 0.05) is 38.3 Å². The minimum atomic E-state index is -0.620. The summed E-state index contributed by atoms with van der Waals surface area (Å²) in [6, 6.07) is 16.3. The maximum atomic E-state index is 14.3. The summed E-state index contributed by atoms with van der Waals surface area (Å²) in [7, 11) is 1.79. The molecule has 172 valence electrons. The van der Waals surface area contributed by atoms with Crippen molar-refractivity contribution in [2.24, 2.45) is 7.05 Å². The molecule has 0 aliphatic rings. The van der Waals surface area contributed by atoms with Crippen molar-refractivity contribution in [1.29, 1.82) is 0 Å². The van der Waals surface area contributed by atoms with Crippen LogP contribution in [0.3, 0.4) is 0 Å². The fourth-order valence-corrected chi connectivity index (χ4v) is 3.52. The highest BCUT2D eigenvalue weighted by molar-refractivity contribution is 5.65. The lowest BCUT2D eigenvalue weighted by atomic mass is 10.1. The normalized spacial score (nSPS) is 12.5. The largest absolute Gasteiger partial charge is 0.436 e. The van der Waals surface area contributed by atoms with Gasteiger partial charge in [0.15, 0.2) is 11.6 Å². The van der Waals surface area contributed by atoms with E-state index in [0.717, 1.165) is 16.8 Å². The predicted octanol–water partition coefficient (Wildman–Crippen LogP) is 4.63. The number of aliphatic hydroxyl groups is 1. The highest BCUT2D eigenvalue weighted by Crippen LogP contribution is 2.35. The second-order valence-electron chi connectivity index (χ2n) is 7.99. The molecule has 0 saturated heterocycles. The van der Waals surface area contributed by atoms with Crippen LogP contribution in [-0.2, 0) is 18.3 Å². The Morgan fingerprint density at radius 3 is 2.44 bits per heavy atom. The molecule has 3 rings (SSSR count). The fourth-order valence-electron chi connectivity index (χ4n) is 3.52. The van der Waals surface area contributed by atoms with E-state index in [0.29, 0.717) is 25.6 Å². The van der Waals surface area contributed by atoms with Gasteiger partial charge in [0.2, 0.25) is 5.88 Å². The number of aliphatic hydroxyl groups excluding tert-OH is 1. The van der Waals surface area contributed by atoms with E-state index >= 15 is 0 Å². The molecule has 0 unspecified atom stereocenters. The first-order valence-electron chi connectivity index (χ1n) is 10.9. The van der Waals surface area contributed by atoms with Crippen molar-refractivity contribution >= 4 is 0 Å². The molecule has 1 heterocycles. The van der Waals surface area contributed by atoms with Crippen molar-refractivity contribution in [1.82, 2.24) is 14.7 Å². The zero-order valence-electron chi connectivity index (χ0n) is 19.2. The van der Waals surface area contributed by atoms with Crippen LogP contribution < -0.4 is 4.74 Å². The van der Waals surface area contributed by atoms with E-state index in [2.05, 4.69) is 18.7 Å². The lowest BCUT2D eigenvalue weighted by Gasteiger charge is -2.29. The Bertz CT molecular complexity index is 991. The Morgan fingerprint density at radius 1 is 1.09 bits per heavy atom. The summed E-state index contributed by atoms with van der Waals surface area (Å²) in [5.74, 6) is 0.177. The zero-order valence-corrected chi connectivity index (χ0v) is 19.2. The molecule has 0 amide bonds. The van der Waals surface area contributed by atoms with Crippen molar-refractivity contribution in [2.45, 2.75) is 39.5 Å². The first kappa shape index (κ1) is 23.9. The van der Waals surface area contributed by atoms with Crippen molar-refractivity contribution < 1.29 is 19.0 Å². The number of para-hydroxylation sites is 1. The molecule has 7 heteroatoms. The van der Waals surface area contributed by atoms with Crippen LogP contribution in [0.4, 0.5) is 4.39 Å². The molecule has 0 aliphatic carbocycles. The van der Waals surface area contributed by atoms with Gasteiger partial charge in [0.1, 0.15) is 5.69 Å². The summed E-state index contributed by atoms with van der Waals surface area (Å²) >= 11 is 0. The third-order valence-corrected chi connectivity index (χ3v) is 5.23. The SMILES string of the molecule is CCOC[C@@H](O)CN(Cc1c(-c2ccccc2)nn(C)c1Oc1ccccc1F)C(C)C. The average molecular weight is 442 g/mol. The third-order valence-electron chi connectivity index (χ3n) is 5.23. The van der Waals surface area contributed by atoms with E-state index in [4.69, 9.17) is 14.6 Å². The molecule has 2 aromatic carbocycles. The van der Waals surface area contributed by atoms with Gasteiger partial charge in [0.05, 0.1) is 18.3 Å². The number of aromatic nitrogens is 2. The van der Waals surface area contributed by atoms with Gasteiger partial charge < -0.3 is 14.6 Å². The fraction of sp³-hybridized carbons (Fsp3) is 0.400. The maximum absolute atomic E-state index is 14.3. The van der Waals surface area contributed by atoms with Crippen molar-refractivity contribution in [3.8, 4) is 22.9 Å². The summed E-state index contributed by atoms with van der Waals surface area (Å²) in [5.41, 5.74) is 2.55. The topological polar surface area (TPSA) is 59.8 Å². The number of benzene rings is 2. The summed E-state index contributed by atoms with van der Waals surface area (Å²) in [6.45, 7) is 7.79. The van der Waals surface area contributed by atoms with Gasteiger partial charge in [0.25, 0.3) is 0 Å². The monoisotopic (exact) mass is 441 g/mol. The van der Waals surface area contributed by atoms with Crippen LogP contribution in [0.1, 0.15) is 26.3 Å². The Hall–Kier alpha value is -2.74. The molecule has 1 atom stereocenters. The standard InChI is InChI=1S/C25H32FN3O3/c1-5-31-17-20(30)15-29(18(2)3)16-21-24(19-11-7-6-8-12-19)27-28(4)25(21)32-23-14-10-9-13-22(23)26/h6-14,18,20,30H,5,15-17H2,1-4H3/t20-/m0/s1. The molecule has 0 bridgehead atoms. The lowest BCUT2D eigenvalue weighted by Crippen LogP contribution is -2.39. The van der Waals surface area contributed by atoms with Gasteiger partial charge in [-0.2, -0.15) is 5.10 Å². The van der Waals surface area contributed by atoms with Gasteiger partial charge >= 0.3 is 0 Å². The lowest BCUT2D eigenvalue weighted by molar-refractivity contribution is 0.0132. The number of aryl methyl sites for hydroxylation is 1. The zero-order chi connectivity index (χ0) is 23.1. The first-order valence-corrected chi connectivity index (χ1v) is 10.9. The number of rotatable bonds is 11. The van der Waals surface area contributed by atoms with Crippen LogP contribution in [0.25, 0.3) is 11.3 Å². The molecule has 1 aromatic heterocycles. The average Bonchev–Trinajstić information content (AvgIpc) is 3.09. The smallest absolute Gasteiger partial charge is 0.222 e. The summed E-state index contributed by atoms with van der Waals surface area (Å²) in [6.07, 6.45) is -0.620. The first-order chi connectivity index (χ1) is 15.4. The van der Waals surface area contributed by atoms with Crippen LogP contribution >= 0.6 is 0 Å². The highest BCUT2D eigenvalue weighted by Gasteiger charge is 2.25. The number of hydrogen-bond donors (Lipinski definition) is 1. The van der Waals surface area contributed by atoms with Crippen LogP contribution in [0.5, 0.6) is 11.6 Å². The second kappa shape index (κ2) is 11.2. The summed E-state index contributed by atoms with van der Waals surface area (Å²) in [5, 5.41) is 15.1. The van der Waals surface area contributed by atoms with Crippen LogP contribution in [0, 0.1) is 5.82 Å². The van der Waals surface area contributed by atoms with Crippen molar-refractivity contribution in [2.75, 3.05) is 19.8 Å². The predicted molar refractivity (Wildman–Crippen MR) is 123 cm³/mol. The molecule has 0 saturated carbocycles. The van der Waals surface area contributed by atoms with E-state index < -0.39 is 11.9 Å². The molecule has 1 N–H and O–H groups in total. The second-order valence-corrected chi connectivity index (χ2v) is 7.99. The molecular weight excluding hydrogens is 409 g/mol. The molecule has 0 radical (unpaired) electrons. The molecule has 6 nitrogen and oxygen atoms in total. The molecular formula is C25H32FN3O3. The van der Waals surface area contributed by atoms with Gasteiger partial charge in [-0.3, -0.25) is 4.90 Å². The maximum Gasteiger partial charge on any atom is 0.222 e. The molecule has 3 aromatic rings. The van der Waals surface area contributed by atoms with Crippen LogP contribution in [-0.4, -0.2) is 51.7 Å². The van der Waals surface area contributed by atoms with Crippen LogP contribution in [0.15, 0.2) is 54.6 Å². The number of ether oxygens (including phenoxy) is 2. The van der Waals surface area contributed by atoms with E-state index in [1.165, 1.54) is 6.07 Å². The number of nitrogens with zero attached hydrogens (tertiary/aromatic N) is 3. The Kier molecular flexibility index (Phi) is 8.39. The summed E-state index contributed by atoms with van der Waals surface area (Å²) < 4.78 is 27.4. The number of hydrogen-bond acceptors (Lipinski definition) is 5. The molecule has 0 fully saturated rings. The molecule has 0 aliphatic heterocycles. The van der Waals surface area contributed by atoms with Gasteiger partial charge in [-0.05, 0) is 32.9 Å². The van der Waals surface area contributed by atoms with Gasteiger partial charge in [-0.15, -0.1) is 0 Å². The third kappa shape index (κ3) is 5.94. The molecule has 0 spiro atoms. The van der Waals surface area contributed by atoms with Crippen molar-refractivity contribution in [3.63, 3.8) is 0 Å². The van der Waals surface area contributed by atoms with Gasteiger partial charge in [-0.1, -0.05) is 42.5 Å². The number of halogens is 1. The van der Waals surface area contributed by atoms with E-state index in [9.17, 15) is 9.50 Å². The Labute approximate surface area is 189 Å². The minimum Gasteiger partial charge on any atom is -0.436 e. The van der Waals surface area contributed by atoms with E-state index in [1.807, 2.05) is 37.3 Å². The van der Waals surface area contributed by atoms with E-state index in [-0.39, 0.29) is 18.4 Å². The summed E-state index contributed by atoms with van der Waals surface area (Å²) in [4.78, 5) is 2.14. The quantitative estimate of drug-likeness (QED) is 0.470. The highest BCUT2D eigenvalue weighted by atomic mass is 19.1. The minimum absolute atomic E-state index is 0.142. The molecule has 32 heavy (non-hydrogen) atoms. The Balaban J connectivity index is 1.99. The van der Waals surface area contributed by atoms with Crippen molar-refractivity contribution in [3.05, 3.63) is 66.0 Å².